The van der Waals surface area contributed by atoms with Crippen LogP contribution in [0.15, 0.2) is 36.4 Å². The van der Waals surface area contributed by atoms with E-state index in [1.54, 1.807) is 12.2 Å². The van der Waals surface area contributed by atoms with Gasteiger partial charge in [-0.25, -0.2) is 0 Å². The van der Waals surface area contributed by atoms with Crippen molar-refractivity contribution in [3.05, 3.63) is 42.0 Å². The van der Waals surface area contributed by atoms with Crippen molar-refractivity contribution in [2.24, 2.45) is 0 Å². The lowest BCUT2D eigenvalue weighted by Gasteiger charge is -2.04. The molecule has 0 saturated carbocycles. The van der Waals surface area contributed by atoms with E-state index < -0.39 is 6.10 Å². The van der Waals surface area contributed by atoms with E-state index in [1.807, 2.05) is 30.3 Å². The van der Waals surface area contributed by atoms with Crippen molar-refractivity contribution in [1.29, 1.82) is 0 Å². The molecule has 0 aliphatic rings. The molecule has 3 nitrogen and oxygen atoms in total. The van der Waals surface area contributed by atoms with Gasteiger partial charge in [0, 0.05) is 6.92 Å². The number of esters is 1. The third-order valence-corrected chi connectivity index (χ3v) is 1.77. The van der Waals surface area contributed by atoms with E-state index in [2.05, 4.69) is 4.74 Å². The average molecular weight is 206 g/mol. The molecule has 0 bridgehead atoms. The fourth-order valence-electron chi connectivity index (χ4n) is 1.04. The number of carbonyl (C=O) groups excluding carboxylic acids is 1. The van der Waals surface area contributed by atoms with Crippen LogP contribution in [0.1, 0.15) is 12.5 Å². The molecule has 0 aromatic heterocycles. The molecule has 1 aromatic carbocycles. The second kappa shape index (κ2) is 5.98. The first-order chi connectivity index (χ1) is 7.18. The number of hydrogen-bond acceptors (Lipinski definition) is 3. The van der Waals surface area contributed by atoms with E-state index in [0.717, 1.165) is 5.56 Å². The summed E-state index contributed by atoms with van der Waals surface area (Å²) < 4.78 is 4.65. The first-order valence-electron chi connectivity index (χ1n) is 4.73. The van der Waals surface area contributed by atoms with Crippen LogP contribution in [0.5, 0.6) is 0 Å². The molecular weight excluding hydrogens is 192 g/mol. The largest absolute Gasteiger partial charge is 0.463 e. The summed E-state index contributed by atoms with van der Waals surface area (Å²) in [5.41, 5.74) is 0.999. The van der Waals surface area contributed by atoms with Crippen LogP contribution in [-0.2, 0) is 9.53 Å². The Hall–Kier alpha value is -1.61. The fourth-order valence-corrected chi connectivity index (χ4v) is 1.04. The third-order valence-electron chi connectivity index (χ3n) is 1.77. The normalized spacial score (nSPS) is 12.7. The van der Waals surface area contributed by atoms with Gasteiger partial charge in [-0.15, -0.1) is 0 Å². The second-order valence-corrected chi connectivity index (χ2v) is 3.14. The molecule has 1 N–H and O–H groups in total. The summed E-state index contributed by atoms with van der Waals surface area (Å²) in [6, 6.07) is 9.60. The van der Waals surface area contributed by atoms with E-state index in [-0.39, 0.29) is 12.6 Å². The van der Waals surface area contributed by atoms with E-state index >= 15 is 0 Å². The Morgan fingerprint density at radius 3 is 2.73 bits per heavy atom. The molecule has 15 heavy (non-hydrogen) atoms. The summed E-state index contributed by atoms with van der Waals surface area (Å²) in [6.07, 6.45) is 2.63. The number of hydrogen-bond donors (Lipinski definition) is 1. The zero-order valence-corrected chi connectivity index (χ0v) is 8.59. The molecule has 0 aliphatic carbocycles. The Kier molecular flexibility index (Phi) is 4.57. The lowest BCUT2D eigenvalue weighted by molar-refractivity contribution is -0.143. The maximum Gasteiger partial charge on any atom is 0.302 e. The lowest BCUT2D eigenvalue weighted by Crippen LogP contribution is -2.14. The highest BCUT2D eigenvalue weighted by atomic mass is 16.5. The number of aliphatic hydroxyl groups is 1. The maximum absolute atomic E-state index is 10.5. The van der Waals surface area contributed by atoms with Gasteiger partial charge >= 0.3 is 5.97 Å². The number of benzene rings is 1. The van der Waals surface area contributed by atoms with E-state index in [4.69, 9.17) is 0 Å². The Labute approximate surface area is 89.0 Å². The summed E-state index contributed by atoms with van der Waals surface area (Å²) in [6.45, 7) is 1.31. The number of rotatable bonds is 4. The average Bonchev–Trinajstić information content (AvgIpc) is 2.25. The van der Waals surface area contributed by atoms with Crippen LogP contribution < -0.4 is 0 Å². The molecule has 0 saturated heterocycles. The zero-order chi connectivity index (χ0) is 11.1. The van der Waals surface area contributed by atoms with Crippen molar-refractivity contribution < 1.29 is 14.6 Å². The van der Waals surface area contributed by atoms with E-state index in [1.165, 1.54) is 6.92 Å². The van der Waals surface area contributed by atoms with Crippen molar-refractivity contribution in [2.45, 2.75) is 13.0 Å². The molecule has 0 aliphatic heterocycles. The lowest BCUT2D eigenvalue weighted by atomic mass is 10.2. The van der Waals surface area contributed by atoms with Gasteiger partial charge in [-0.2, -0.15) is 0 Å². The quantitative estimate of drug-likeness (QED) is 0.761. The first-order valence-corrected chi connectivity index (χ1v) is 4.73. The van der Waals surface area contributed by atoms with Crippen LogP contribution in [0.25, 0.3) is 6.08 Å². The molecule has 3 heteroatoms. The molecule has 1 aromatic rings. The molecule has 0 fully saturated rings. The number of carbonyl (C=O) groups is 1. The van der Waals surface area contributed by atoms with Gasteiger partial charge < -0.3 is 9.84 Å². The molecule has 0 radical (unpaired) electrons. The summed E-state index contributed by atoms with van der Waals surface area (Å²) in [5, 5.41) is 9.40. The molecular formula is C12H14O3. The zero-order valence-electron chi connectivity index (χ0n) is 8.59. The monoisotopic (exact) mass is 206 g/mol. The standard InChI is InChI=1S/C12H14O3/c1-10(13)15-9-12(14)8-7-11-5-3-2-4-6-11/h2-8,12,14H,9H2,1H3. The molecule has 1 atom stereocenters. The van der Waals surface area contributed by atoms with Crippen LogP contribution in [-0.4, -0.2) is 23.8 Å². The number of ether oxygens (including phenoxy) is 1. The summed E-state index contributed by atoms with van der Waals surface area (Å²) in [4.78, 5) is 10.5. The Morgan fingerprint density at radius 1 is 1.47 bits per heavy atom. The van der Waals surface area contributed by atoms with Gasteiger partial charge in [0.1, 0.15) is 12.7 Å². The van der Waals surface area contributed by atoms with Crippen molar-refractivity contribution in [3.8, 4) is 0 Å². The van der Waals surface area contributed by atoms with Crippen LogP contribution in [0.3, 0.4) is 0 Å². The molecule has 0 amide bonds. The predicted octanol–water partition coefficient (Wildman–Crippen LogP) is 1.62. The van der Waals surface area contributed by atoms with Gasteiger partial charge in [0.25, 0.3) is 0 Å². The Balaban J connectivity index is 2.41. The highest BCUT2D eigenvalue weighted by Gasteiger charge is 2.00. The number of aliphatic hydroxyl groups excluding tert-OH is 1. The van der Waals surface area contributed by atoms with Gasteiger partial charge in [-0.1, -0.05) is 42.5 Å². The molecule has 1 unspecified atom stereocenters. The SMILES string of the molecule is CC(=O)OCC(O)C=Cc1ccccc1. The van der Waals surface area contributed by atoms with Crippen molar-refractivity contribution in [3.63, 3.8) is 0 Å². The highest BCUT2D eigenvalue weighted by Crippen LogP contribution is 2.02. The summed E-state index contributed by atoms with van der Waals surface area (Å²) in [7, 11) is 0. The second-order valence-electron chi connectivity index (χ2n) is 3.14. The van der Waals surface area contributed by atoms with Crippen molar-refractivity contribution >= 4 is 12.0 Å². The van der Waals surface area contributed by atoms with Gasteiger partial charge in [0.05, 0.1) is 0 Å². The minimum atomic E-state index is -0.755. The topological polar surface area (TPSA) is 46.5 Å². The smallest absolute Gasteiger partial charge is 0.302 e. The van der Waals surface area contributed by atoms with E-state index in [0.29, 0.717) is 0 Å². The fraction of sp³-hybridized carbons (Fsp3) is 0.250. The van der Waals surface area contributed by atoms with Gasteiger partial charge in [-0.3, -0.25) is 4.79 Å². The summed E-state index contributed by atoms with van der Waals surface area (Å²) in [5.74, 6) is -0.387. The van der Waals surface area contributed by atoms with Crippen LogP contribution in [0, 0.1) is 0 Å². The molecule has 0 spiro atoms. The van der Waals surface area contributed by atoms with Crippen molar-refractivity contribution in [1.82, 2.24) is 0 Å². The van der Waals surface area contributed by atoms with Crippen LogP contribution in [0.4, 0.5) is 0 Å². The predicted molar refractivity (Wildman–Crippen MR) is 58.1 cm³/mol. The third kappa shape index (κ3) is 4.98. The minimum absolute atomic E-state index is 0.00132. The van der Waals surface area contributed by atoms with Crippen LogP contribution in [0.2, 0.25) is 0 Å². The van der Waals surface area contributed by atoms with Gasteiger partial charge in [0.2, 0.25) is 0 Å². The highest BCUT2D eigenvalue weighted by molar-refractivity contribution is 5.65. The van der Waals surface area contributed by atoms with Crippen molar-refractivity contribution in [2.75, 3.05) is 6.61 Å². The Morgan fingerprint density at radius 2 is 2.13 bits per heavy atom. The first kappa shape index (κ1) is 11.5. The van der Waals surface area contributed by atoms with Gasteiger partial charge in [0.15, 0.2) is 0 Å². The molecule has 0 heterocycles. The maximum atomic E-state index is 10.5. The van der Waals surface area contributed by atoms with E-state index in [9.17, 15) is 9.90 Å². The summed E-state index contributed by atoms with van der Waals surface area (Å²) >= 11 is 0. The Bertz CT molecular complexity index is 330. The minimum Gasteiger partial charge on any atom is -0.463 e. The molecule has 80 valence electrons. The van der Waals surface area contributed by atoms with Gasteiger partial charge in [-0.05, 0) is 5.56 Å². The van der Waals surface area contributed by atoms with Crippen LogP contribution >= 0.6 is 0 Å². The molecule has 1 rings (SSSR count).